The number of anilines is 2. The Labute approximate surface area is 102 Å². The predicted octanol–water partition coefficient (Wildman–Crippen LogP) is 1.79. The number of nitrogens with one attached hydrogen (secondary N) is 1. The van der Waals surface area contributed by atoms with Crippen molar-refractivity contribution in [2.75, 3.05) is 11.1 Å². The standard InChI is InChI=1S/C9H5F3N4OS/c10-3-1-4(11)6(5(12)2-3)7(17)14-9-16-15-8(13)18-9/h1-2H,(H2,13,15)(H,14,16,17). The number of aromatic nitrogens is 2. The zero-order chi connectivity index (χ0) is 13.3. The number of rotatable bonds is 2. The van der Waals surface area contributed by atoms with E-state index in [9.17, 15) is 18.0 Å². The Bertz CT molecular complexity index is 593. The molecule has 0 atom stereocenters. The number of nitrogens with two attached hydrogens (primary N) is 1. The van der Waals surface area contributed by atoms with E-state index in [1.807, 2.05) is 0 Å². The molecular formula is C9H5F3N4OS. The molecule has 0 unspecified atom stereocenters. The van der Waals surface area contributed by atoms with Crippen LogP contribution in [0.15, 0.2) is 12.1 Å². The Morgan fingerprint density at radius 2 is 1.83 bits per heavy atom. The lowest BCUT2D eigenvalue weighted by atomic mass is 10.2. The average molecular weight is 274 g/mol. The summed E-state index contributed by atoms with van der Waals surface area (Å²) in [7, 11) is 0. The lowest BCUT2D eigenvalue weighted by Gasteiger charge is -2.04. The number of carbonyl (C=O) groups excluding carboxylic acids is 1. The van der Waals surface area contributed by atoms with E-state index in [0.717, 1.165) is 11.3 Å². The fraction of sp³-hybridized carbons (Fsp3) is 0. The van der Waals surface area contributed by atoms with E-state index in [1.54, 1.807) is 0 Å². The second-order valence-electron chi connectivity index (χ2n) is 3.14. The molecule has 0 saturated carbocycles. The lowest BCUT2D eigenvalue weighted by Crippen LogP contribution is -2.16. The third-order valence-corrected chi connectivity index (χ3v) is 2.56. The highest BCUT2D eigenvalue weighted by Crippen LogP contribution is 2.20. The summed E-state index contributed by atoms with van der Waals surface area (Å²) in [6.07, 6.45) is 0. The minimum Gasteiger partial charge on any atom is -0.374 e. The van der Waals surface area contributed by atoms with Gasteiger partial charge in [0.15, 0.2) is 0 Å². The molecule has 2 aromatic rings. The van der Waals surface area contributed by atoms with E-state index in [0.29, 0.717) is 12.1 Å². The van der Waals surface area contributed by atoms with Gasteiger partial charge in [-0.25, -0.2) is 13.2 Å². The number of hydrogen-bond donors (Lipinski definition) is 2. The lowest BCUT2D eigenvalue weighted by molar-refractivity contribution is 0.101. The van der Waals surface area contributed by atoms with Crippen LogP contribution in [-0.2, 0) is 0 Å². The molecule has 2 rings (SSSR count). The number of benzene rings is 1. The van der Waals surface area contributed by atoms with Gasteiger partial charge in [0.05, 0.1) is 0 Å². The molecular weight excluding hydrogens is 269 g/mol. The van der Waals surface area contributed by atoms with Crippen molar-refractivity contribution in [3.8, 4) is 0 Å². The van der Waals surface area contributed by atoms with Crippen LogP contribution in [0.5, 0.6) is 0 Å². The van der Waals surface area contributed by atoms with Gasteiger partial charge >= 0.3 is 0 Å². The molecule has 0 fully saturated rings. The van der Waals surface area contributed by atoms with Gasteiger partial charge in [-0.15, -0.1) is 10.2 Å². The number of amides is 1. The SMILES string of the molecule is Nc1nnc(NC(=O)c2c(F)cc(F)cc2F)s1. The molecule has 5 nitrogen and oxygen atoms in total. The van der Waals surface area contributed by atoms with Crippen molar-refractivity contribution in [1.29, 1.82) is 0 Å². The molecule has 0 aliphatic rings. The highest BCUT2D eigenvalue weighted by atomic mass is 32.1. The van der Waals surface area contributed by atoms with Crippen molar-refractivity contribution in [1.82, 2.24) is 10.2 Å². The van der Waals surface area contributed by atoms with E-state index in [4.69, 9.17) is 5.73 Å². The van der Waals surface area contributed by atoms with E-state index in [2.05, 4.69) is 15.5 Å². The Hall–Kier alpha value is -2.16. The summed E-state index contributed by atoms with van der Waals surface area (Å²) in [6, 6.07) is 0.818. The van der Waals surface area contributed by atoms with Gasteiger partial charge in [0.25, 0.3) is 5.91 Å². The largest absolute Gasteiger partial charge is 0.374 e. The fourth-order valence-electron chi connectivity index (χ4n) is 1.20. The first kappa shape index (κ1) is 12.3. The summed E-state index contributed by atoms with van der Waals surface area (Å²) in [4.78, 5) is 11.6. The number of carbonyl (C=O) groups is 1. The maximum atomic E-state index is 13.3. The summed E-state index contributed by atoms with van der Waals surface area (Å²) in [5, 5.41) is 9.04. The summed E-state index contributed by atoms with van der Waals surface area (Å²) >= 11 is 0.830. The number of nitrogens with zero attached hydrogens (tertiary/aromatic N) is 2. The monoisotopic (exact) mass is 274 g/mol. The molecule has 9 heteroatoms. The number of nitrogen functional groups attached to an aromatic ring is 1. The van der Waals surface area contributed by atoms with Crippen molar-refractivity contribution in [3.05, 3.63) is 35.1 Å². The van der Waals surface area contributed by atoms with Crippen molar-refractivity contribution < 1.29 is 18.0 Å². The van der Waals surface area contributed by atoms with Gasteiger partial charge in [0.1, 0.15) is 23.0 Å². The number of halogens is 3. The Balaban J connectivity index is 2.29. The highest BCUT2D eigenvalue weighted by Gasteiger charge is 2.20. The van der Waals surface area contributed by atoms with Crippen LogP contribution < -0.4 is 11.1 Å². The van der Waals surface area contributed by atoms with Gasteiger partial charge in [-0.3, -0.25) is 10.1 Å². The Kier molecular flexibility index (Phi) is 3.15. The molecule has 18 heavy (non-hydrogen) atoms. The number of hydrogen-bond acceptors (Lipinski definition) is 5. The second-order valence-corrected chi connectivity index (χ2v) is 4.15. The molecule has 1 aromatic carbocycles. The zero-order valence-corrected chi connectivity index (χ0v) is 9.39. The van der Waals surface area contributed by atoms with E-state index in [1.165, 1.54) is 0 Å². The summed E-state index contributed by atoms with van der Waals surface area (Å²) < 4.78 is 39.2. The quantitative estimate of drug-likeness (QED) is 0.874. The Morgan fingerprint density at radius 3 is 2.33 bits per heavy atom. The maximum Gasteiger partial charge on any atom is 0.263 e. The molecule has 94 valence electrons. The third-order valence-electron chi connectivity index (χ3n) is 1.90. The molecule has 0 spiro atoms. The van der Waals surface area contributed by atoms with Gasteiger partial charge in [-0.1, -0.05) is 11.3 Å². The molecule has 0 saturated heterocycles. The van der Waals surface area contributed by atoms with Crippen LogP contribution in [0.25, 0.3) is 0 Å². The molecule has 3 N–H and O–H groups in total. The second kappa shape index (κ2) is 4.61. The minimum atomic E-state index is -1.30. The van der Waals surface area contributed by atoms with Gasteiger partial charge in [-0.2, -0.15) is 0 Å². The van der Waals surface area contributed by atoms with Gasteiger partial charge in [-0.05, 0) is 0 Å². The fourth-order valence-corrected chi connectivity index (χ4v) is 1.71. The van der Waals surface area contributed by atoms with Crippen molar-refractivity contribution in [2.45, 2.75) is 0 Å². The Morgan fingerprint density at radius 1 is 1.22 bits per heavy atom. The summed E-state index contributed by atoms with van der Waals surface area (Å²) in [5.74, 6) is -4.81. The molecule has 1 aromatic heterocycles. The molecule has 1 amide bonds. The van der Waals surface area contributed by atoms with Crippen LogP contribution in [0.3, 0.4) is 0 Å². The van der Waals surface area contributed by atoms with Crippen LogP contribution in [0.1, 0.15) is 10.4 Å². The van der Waals surface area contributed by atoms with Crippen LogP contribution in [0.4, 0.5) is 23.4 Å². The van der Waals surface area contributed by atoms with E-state index < -0.39 is 28.9 Å². The van der Waals surface area contributed by atoms with E-state index in [-0.39, 0.29) is 10.3 Å². The zero-order valence-electron chi connectivity index (χ0n) is 8.58. The minimum absolute atomic E-state index is 0.0133. The third kappa shape index (κ3) is 2.40. The van der Waals surface area contributed by atoms with Crippen molar-refractivity contribution >= 4 is 27.5 Å². The maximum absolute atomic E-state index is 13.3. The smallest absolute Gasteiger partial charge is 0.263 e. The van der Waals surface area contributed by atoms with Gasteiger partial charge < -0.3 is 5.73 Å². The summed E-state index contributed by atoms with van der Waals surface area (Å²) in [6.45, 7) is 0. The highest BCUT2D eigenvalue weighted by molar-refractivity contribution is 7.19. The van der Waals surface area contributed by atoms with Crippen LogP contribution in [-0.4, -0.2) is 16.1 Å². The van der Waals surface area contributed by atoms with Crippen LogP contribution in [0.2, 0.25) is 0 Å². The molecule has 0 radical (unpaired) electrons. The average Bonchev–Trinajstić information content (AvgIpc) is 2.62. The first-order valence-electron chi connectivity index (χ1n) is 4.52. The predicted molar refractivity (Wildman–Crippen MR) is 58.6 cm³/mol. The first-order chi connectivity index (χ1) is 8.47. The van der Waals surface area contributed by atoms with Gasteiger partial charge in [0.2, 0.25) is 10.3 Å². The summed E-state index contributed by atoms with van der Waals surface area (Å²) in [5.41, 5.74) is 4.37. The molecule has 1 heterocycles. The first-order valence-corrected chi connectivity index (χ1v) is 5.34. The van der Waals surface area contributed by atoms with Crippen molar-refractivity contribution in [3.63, 3.8) is 0 Å². The van der Waals surface area contributed by atoms with E-state index >= 15 is 0 Å². The topological polar surface area (TPSA) is 80.9 Å². The van der Waals surface area contributed by atoms with Crippen LogP contribution in [0, 0.1) is 17.5 Å². The molecule has 0 aliphatic heterocycles. The van der Waals surface area contributed by atoms with Crippen molar-refractivity contribution in [2.24, 2.45) is 0 Å². The molecule has 0 bridgehead atoms. The van der Waals surface area contributed by atoms with Crippen LogP contribution >= 0.6 is 11.3 Å². The molecule has 0 aliphatic carbocycles. The van der Waals surface area contributed by atoms with Gasteiger partial charge in [0, 0.05) is 12.1 Å². The normalized spacial score (nSPS) is 10.4.